The van der Waals surface area contributed by atoms with Crippen LogP contribution in [0.4, 0.5) is 25.4 Å². The Morgan fingerprint density at radius 2 is 1.24 bits per heavy atom. The number of ether oxygens (including phenoxy) is 1. The maximum Gasteiger partial charge on any atom is 0.407 e. The van der Waals surface area contributed by atoms with E-state index < -0.39 is 24.3 Å². The lowest BCUT2D eigenvalue weighted by Crippen LogP contribution is -2.51. The second kappa shape index (κ2) is 19.7. The molecule has 6 heterocycles. The molecule has 16 nitrogen and oxygen atoms in total. The molecule has 0 aliphatic carbocycles. The van der Waals surface area contributed by atoms with Gasteiger partial charge in [-0.05, 0) is 117 Å². The number of carboxylic acid groups (broad SMARTS) is 1. The predicted octanol–water partition coefficient (Wildman–Crippen LogP) is 9.04. The number of aromatic nitrogens is 4. The van der Waals surface area contributed by atoms with Crippen molar-refractivity contribution in [1.29, 1.82) is 0 Å². The molecule has 2 aromatic heterocycles. The summed E-state index contributed by atoms with van der Waals surface area (Å²) in [4.78, 5) is 76.7. The average molecular weight is 933 g/mol. The molecule has 4 aliphatic heterocycles. The highest BCUT2D eigenvalue weighted by molar-refractivity contribution is 5.87. The van der Waals surface area contributed by atoms with Crippen LogP contribution in [-0.4, -0.2) is 104 Å². The summed E-state index contributed by atoms with van der Waals surface area (Å²) in [6, 6.07) is 15.8. The van der Waals surface area contributed by atoms with Gasteiger partial charge in [-0.3, -0.25) is 9.59 Å². The number of likely N-dealkylation sites (tertiary alicyclic amines) is 2. The lowest BCUT2D eigenvalue weighted by atomic mass is 10.0. The minimum absolute atomic E-state index is 0.117. The first-order valence-electron chi connectivity index (χ1n) is 24.6. The van der Waals surface area contributed by atoms with Gasteiger partial charge in [0.15, 0.2) is 0 Å². The third-order valence-corrected chi connectivity index (χ3v) is 14.7. The summed E-state index contributed by atoms with van der Waals surface area (Å²) >= 11 is 0. The van der Waals surface area contributed by atoms with E-state index in [-0.39, 0.29) is 53.6 Å². The van der Waals surface area contributed by atoms with Crippen molar-refractivity contribution in [1.82, 2.24) is 40.4 Å². The zero-order valence-corrected chi connectivity index (χ0v) is 39.8. The Balaban J connectivity index is 1.03. The van der Waals surface area contributed by atoms with Crippen molar-refractivity contribution in [2.45, 2.75) is 128 Å². The van der Waals surface area contributed by atoms with Crippen LogP contribution >= 0.6 is 0 Å². The predicted molar refractivity (Wildman–Crippen MR) is 258 cm³/mol. The first-order chi connectivity index (χ1) is 32.8. The number of methoxy groups -OCH3 is 1. The molecular weight excluding hydrogens is 868 g/mol. The van der Waals surface area contributed by atoms with Gasteiger partial charge in [-0.1, -0.05) is 52.7 Å². The number of carbonyl (C=O) groups is 4. The molecule has 3 aromatic carbocycles. The highest BCUT2D eigenvalue weighted by Gasteiger charge is 2.41. The topological polar surface area (TPSA) is 192 Å². The maximum atomic E-state index is 16.5. The second-order valence-electron chi connectivity index (χ2n) is 19.8. The van der Waals surface area contributed by atoms with Crippen LogP contribution in [0.1, 0.15) is 139 Å². The number of carbonyl (C=O) groups excluding carboxylic acids is 3. The Hall–Kier alpha value is -6.39. The molecule has 4 amide bonds. The smallest absolute Gasteiger partial charge is 0.407 e. The zero-order chi connectivity index (χ0) is 47.8. The largest absolute Gasteiger partial charge is 0.465 e. The van der Waals surface area contributed by atoms with Crippen LogP contribution in [0.15, 0.2) is 54.6 Å². The number of hydrogen-bond acceptors (Lipinski definition) is 9. The molecular formula is C51H65FN10O6. The van der Waals surface area contributed by atoms with Gasteiger partial charge in [0.05, 0.1) is 59.0 Å². The summed E-state index contributed by atoms with van der Waals surface area (Å²) in [5.41, 5.74) is 6.75. The first kappa shape index (κ1) is 46.7. The second-order valence-corrected chi connectivity index (χ2v) is 19.8. The van der Waals surface area contributed by atoms with E-state index in [0.29, 0.717) is 36.8 Å². The number of aromatic amines is 2. The summed E-state index contributed by atoms with van der Waals surface area (Å²) < 4.78 is 21.3. The fourth-order valence-electron chi connectivity index (χ4n) is 11.2. The molecule has 4 aliphatic rings. The fraction of sp³-hybridized carbons (Fsp3) is 0.529. The SMILES string of the molecule is COC(=O)N[C@H](C(=O)N1CCC[C@H]1c1nc2cc(C3CC[C@H](c4ccc5nc([C@@H]6CCCN6C(=O)[C@@H](NC(=O)O)C(C)C)[nH]c5c4)N3c3ccc(N4CCCCCC4)c(F)c3)ccc2[nH]1)C(C)C. The number of nitrogens with one attached hydrogen (secondary N) is 4. The van der Waals surface area contributed by atoms with E-state index in [2.05, 4.69) is 60.7 Å². The molecule has 0 spiro atoms. The van der Waals surface area contributed by atoms with Crippen LogP contribution in [0.2, 0.25) is 0 Å². The molecule has 9 rings (SSSR count). The molecule has 5 N–H and O–H groups in total. The minimum atomic E-state index is -1.23. The number of fused-ring (bicyclic) bond motifs is 2. The van der Waals surface area contributed by atoms with E-state index in [9.17, 15) is 24.3 Å². The number of amides is 4. The van der Waals surface area contributed by atoms with Crippen LogP contribution in [0, 0.1) is 17.7 Å². The van der Waals surface area contributed by atoms with Crippen molar-refractivity contribution >= 4 is 57.4 Å². The number of halogens is 1. The number of hydrogen-bond donors (Lipinski definition) is 5. The van der Waals surface area contributed by atoms with Gasteiger partial charge < -0.3 is 50.0 Å². The van der Waals surface area contributed by atoms with Gasteiger partial charge in [-0.2, -0.15) is 0 Å². The van der Waals surface area contributed by atoms with Crippen LogP contribution in [0.3, 0.4) is 0 Å². The molecule has 0 saturated carbocycles. The molecule has 6 atom stereocenters. The normalized spacial score (nSPS) is 22.1. The highest BCUT2D eigenvalue weighted by Crippen LogP contribution is 2.48. The molecule has 68 heavy (non-hydrogen) atoms. The Kier molecular flexibility index (Phi) is 13.5. The van der Waals surface area contributed by atoms with Gasteiger partial charge >= 0.3 is 12.2 Å². The Morgan fingerprint density at radius 3 is 1.82 bits per heavy atom. The van der Waals surface area contributed by atoms with Crippen LogP contribution < -0.4 is 20.4 Å². The highest BCUT2D eigenvalue weighted by atomic mass is 19.1. The molecule has 4 saturated heterocycles. The quantitative estimate of drug-likeness (QED) is 0.0807. The Labute approximate surface area is 396 Å². The van der Waals surface area contributed by atoms with Crippen molar-refractivity contribution in [3.05, 3.63) is 83.2 Å². The Morgan fingerprint density at radius 1 is 0.662 bits per heavy atom. The van der Waals surface area contributed by atoms with E-state index in [1.807, 2.05) is 50.8 Å². The van der Waals surface area contributed by atoms with Gasteiger partial charge in [0.1, 0.15) is 29.5 Å². The lowest BCUT2D eigenvalue weighted by molar-refractivity contribution is -0.136. The van der Waals surface area contributed by atoms with Crippen LogP contribution in [-0.2, 0) is 14.3 Å². The molecule has 362 valence electrons. The van der Waals surface area contributed by atoms with Gasteiger partial charge in [-0.15, -0.1) is 0 Å². The minimum Gasteiger partial charge on any atom is -0.465 e. The summed E-state index contributed by atoms with van der Waals surface area (Å²) in [5.74, 6) is 0.342. The Bertz CT molecular complexity index is 2660. The maximum absolute atomic E-state index is 16.5. The van der Waals surface area contributed by atoms with E-state index in [4.69, 9.17) is 14.7 Å². The van der Waals surface area contributed by atoms with E-state index in [0.717, 1.165) is 110 Å². The van der Waals surface area contributed by atoms with Crippen LogP contribution in [0.5, 0.6) is 0 Å². The van der Waals surface area contributed by atoms with Crippen molar-refractivity contribution in [3.8, 4) is 0 Å². The van der Waals surface area contributed by atoms with E-state index >= 15 is 4.39 Å². The van der Waals surface area contributed by atoms with Gasteiger partial charge in [-0.25, -0.2) is 23.9 Å². The number of anilines is 2. The molecule has 17 heteroatoms. The summed E-state index contributed by atoms with van der Waals surface area (Å²) in [6.45, 7) is 10.2. The number of nitrogens with zero attached hydrogens (tertiary/aromatic N) is 6. The van der Waals surface area contributed by atoms with Crippen molar-refractivity contribution in [3.63, 3.8) is 0 Å². The third kappa shape index (κ3) is 9.27. The monoisotopic (exact) mass is 933 g/mol. The summed E-state index contributed by atoms with van der Waals surface area (Å²) in [6.07, 6.45) is 7.15. The standard InChI is InChI=1S/C51H65FN10O6/c1-29(2)44(57-50(65)66)48(63)60-24-10-12-42(60)46-53-35-17-14-31(26-37(35)55-46)39-20-21-40(62(39)33-16-19-41(34(52)28-33)59-22-8-6-7-9-23-59)32-15-18-36-38(27-32)56-47(54-36)43-13-11-25-61(43)49(64)45(30(3)4)58-51(67)68-5/h14-19,26-30,39-40,42-45,57H,6-13,20-25H2,1-5H3,(H,53,55)(H,54,56)(H,58,67)(H,65,66)/t39-,40?,42+,43+,44+,45+/m1/s1. The molecule has 0 bridgehead atoms. The van der Waals surface area contributed by atoms with E-state index in [1.54, 1.807) is 11.0 Å². The van der Waals surface area contributed by atoms with E-state index in [1.165, 1.54) is 7.11 Å². The van der Waals surface area contributed by atoms with Crippen molar-refractivity contribution in [2.24, 2.45) is 11.8 Å². The fourth-order valence-corrected chi connectivity index (χ4v) is 11.2. The van der Waals surface area contributed by atoms with Gasteiger partial charge in [0, 0.05) is 31.9 Å². The van der Waals surface area contributed by atoms with Crippen molar-refractivity contribution < 1.29 is 33.4 Å². The van der Waals surface area contributed by atoms with Gasteiger partial charge in [0.2, 0.25) is 11.8 Å². The average Bonchev–Trinajstić information content (AvgIpc) is 4.17. The van der Waals surface area contributed by atoms with Gasteiger partial charge in [0.25, 0.3) is 0 Å². The zero-order valence-electron chi connectivity index (χ0n) is 39.8. The molecule has 4 fully saturated rings. The first-order valence-corrected chi connectivity index (χ1v) is 24.6. The number of rotatable bonds is 12. The van der Waals surface area contributed by atoms with Crippen molar-refractivity contribution in [2.75, 3.05) is 43.1 Å². The number of benzene rings is 3. The number of imidazole rings is 2. The third-order valence-electron chi connectivity index (χ3n) is 14.7. The molecule has 0 radical (unpaired) electrons. The number of H-pyrrole nitrogens is 2. The summed E-state index contributed by atoms with van der Waals surface area (Å²) in [5, 5.41) is 14.6. The summed E-state index contributed by atoms with van der Waals surface area (Å²) in [7, 11) is 1.29. The lowest BCUT2D eigenvalue weighted by Gasteiger charge is -2.34. The molecule has 1 unspecified atom stereocenters. The van der Waals surface area contributed by atoms with Crippen LogP contribution in [0.25, 0.3) is 22.1 Å². The molecule has 5 aromatic rings. The number of alkyl carbamates (subject to hydrolysis) is 1.